The van der Waals surface area contributed by atoms with Gasteiger partial charge < -0.3 is 5.73 Å². The molecule has 0 saturated heterocycles. The van der Waals surface area contributed by atoms with Crippen molar-refractivity contribution in [2.24, 2.45) is 0 Å². The van der Waals surface area contributed by atoms with E-state index >= 15 is 0 Å². The Morgan fingerprint density at radius 2 is 1.62 bits per heavy atom. The molecule has 0 unspecified atom stereocenters. The molecule has 0 heterocycles. The van der Waals surface area contributed by atoms with Crippen LogP contribution in [0, 0.1) is 13.8 Å². The van der Waals surface area contributed by atoms with Gasteiger partial charge in [-0.1, -0.05) is 6.07 Å². The van der Waals surface area contributed by atoms with Crippen LogP contribution in [0.1, 0.15) is 11.1 Å². The maximum absolute atomic E-state index is 12.7. The number of aryl methyl sites for hydroxylation is 2. The molecule has 112 valence electrons. The molecule has 0 radical (unpaired) electrons. The molecule has 0 amide bonds. The number of nitrogens with two attached hydrogens (primary N) is 1. The summed E-state index contributed by atoms with van der Waals surface area (Å²) in [5, 5.41) is 0. The van der Waals surface area contributed by atoms with Crippen molar-refractivity contribution in [3.63, 3.8) is 0 Å². The summed E-state index contributed by atoms with van der Waals surface area (Å²) in [7, 11) is -2.09. The second-order valence-corrected chi connectivity index (χ2v) is 7.83. The fourth-order valence-corrected chi connectivity index (χ4v) is 3.57. The number of benzene rings is 2. The van der Waals surface area contributed by atoms with E-state index in [4.69, 9.17) is 5.73 Å². The van der Waals surface area contributed by atoms with Gasteiger partial charge in [-0.15, -0.1) is 0 Å². The number of anilines is 2. The monoisotopic (exact) mass is 368 g/mol. The predicted octanol–water partition coefficient (Wildman–Crippen LogP) is 3.47. The minimum atomic E-state index is -3.63. The Kier molecular flexibility index (Phi) is 4.30. The van der Waals surface area contributed by atoms with Crippen LogP contribution in [0.3, 0.4) is 0 Å². The first kappa shape index (κ1) is 15.9. The number of rotatable bonds is 3. The molecule has 0 aliphatic heterocycles. The smallest absolute Gasteiger partial charge is 0.264 e. The van der Waals surface area contributed by atoms with Gasteiger partial charge in [0.25, 0.3) is 10.0 Å². The summed E-state index contributed by atoms with van der Waals surface area (Å²) in [6, 6.07) is 10.3. The Hall–Kier alpha value is -1.53. The zero-order valence-electron chi connectivity index (χ0n) is 12.1. The molecular weight excluding hydrogens is 352 g/mol. The number of halogens is 1. The van der Waals surface area contributed by atoms with Crippen molar-refractivity contribution in [1.82, 2.24) is 0 Å². The first-order valence-corrected chi connectivity index (χ1v) is 8.57. The van der Waals surface area contributed by atoms with Crippen LogP contribution in [-0.4, -0.2) is 15.5 Å². The van der Waals surface area contributed by atoms with Gasteiger partial charge in [0, 0.05) is 17.2 Å². The molecule has 0 spiro atoms. The molecule has 0 saturated carbocycles. The summed E-state index contributed by atoms with van der Waals surface area (Å²) >= 11 is 3.26. The first-order valence-electron chi connectivity index (χ1n) is 6.34. The molecule has 2 rings (SSSR count). The molecule has 6 heteroatoms. The molecule has 0 fully saturated rings. The lowest BCUT2D eigenvalue weighted by Gasteiger charge is -2.21. The summed E-state index contributed by atoms with van der Waals surface area (Å²) in [5.74, 6) is 0. The van der Waals surface area contributed by atoms with Gasteiger partial charge in [0.1, 0.15) is 0 Å². The highest BCUT2D eigenvalue weighted by atomic mass is 79.9. The highest BCUT2D eigenvalue weighted by molar-refractivity contribution is 9.10. The number of hydrogen-bond donors (Lipinski definition) is 1. The van der Waals surface area contributed by atoms with Gasteiger partial charge in [0.2, 0.25) is 0 Å². The second-order valence-electron chi connectivity index (χ2n) is 5.00. The molecule has 2 N–H and O–H groups in total. The van der Waals surface area contributed by atoms with Crippen LogP contribution in [0.5, 0.6) is 0 Å². The van der Waals surface area contributed by atoms with Crippen molar-refractivity contribution < 1.29 is 8.42 Å². The molecule has 0 aliphatic rings. The first-order chi connectivity index (χ1) is 9.71. The van der Waals surface area contributed by atoms with Gasteiger partial charge in [-0.3, -0.25) is 4.31 Å². The van der Waals surface area contributed by atoms with E-state index in [2.05, 4.69) is 15.9 Å². The van der Waals surface area contributed by atoms with Crippen molar-refractivity contribution >= 4 is 37.3 Å². The molecule has 0 atom stereocenters. The van der Waals surface area contributed by atoms with Crippen molar-refractivity contribution in [2.75, 3.05) is 17.1 Å². The molecule has 0 aromatic heterocycles. The minimum absolute atomic E-state index is 0.171. The lowest BCUT2D eigenvalue weighted by Crippen LogP contribution is -2.26. The normalized spacial score (nSPS) is 11.4. The van der Waals surface area contributed by atoms with Crippen molar-refractivity contribution in [3.05, 3.63) is 52.0 Å². The summed E-state index contributed by atoms with van der Waals surface area (Å²) in [6.07, 6.45) is 0. The van der Waals surface area contributed by atoms with Gasteiger partial charge in [-0.25, -0.2) is 8.42 Å². The maximum Gasteiger partial charge on any atom is 0.264 e. The van der Waals surface area contributed by atoms with E-state index in [1.165, 1.54) is 16.4 Å². The summed E-state index contributed by atoms with van der Waals surface area (Å²) < 4.78 is 27.3. The fraction of sp³-hybridized carbons (Fsp3) is 0.200. The maximum atomic E-state index is 12.7. The van der Waals surface area contributed by atoms with Gasteiger partial charge in [0.15, 0.2) is 0 Å². The van der Waals surface area contributed by atoms with Crippen LogP contribution in [0.4, 0.5) is 11.4 Å². The number of hydrogen-bond acceptors (Lipinski definition) is 3. The van der Waals surface area contributed by atoms with Gasteiger partial charge >= 0.3 is 0 Å². The average Bonchev–Trinajstić information content (AvgIpc) is 2.39. The second kappa shape index (κ2) is 5.69. The van der Waals surface area contributed by atoms with Gasteiger partial charge in [-0.05, 0) is 71.2 Å². The quantitative estimate of drug-likeness (QED) is 0.843. The van der Waals surface area contributed by atoms with Crippen LogP contribution >= 0.6 is 15.9 Å². The Bertz CT molecular complexity index is 768. The summed E-state index contributed by atoms with van der Waals surface area (Å²) in [5.41, 5.74) is 8.83. The Labute approximate surface area is 133 Å². The summed E-state index contributed by atoms with van der Waals surface area (Å²) in [4.78, 5) is 0.171. The fourth-order valence-electron chi connectivity index (χ4n) is 2.11. The van der Waals surface area contributed by atoms with Crippen LogP contribution in [-0.2, 0) is 10.0 Å². The minimum Gasteiger partial charge on any atom is -0.398 e. The Morgan fingerprint density at radius 3 is 2.14 bits per heavy atom. The molecule has 21 heavy (non-hydrogen) atoms. The molecule has 4 nitrogen and oxygen atoms in total. The van der Waals surface area contributed by atoms with E-state index < -0.39 is 10.0 Å². The van der Waals surface area contributed by atoms with E-state index in [0.717, 1.165) is 11.1 Å². The van der Waals surface area contributed by atoms with E-state index in [0.29, 0.717) is 15.8 Å². The van der Waals surface area contributed by atoms with E-state index in [1.807, 2.05) is 32.0 Å². The third kappa shape index (κ3) is 3.22. The van der Waals surface area contributed by atoms with Crippen LogP contribution in [0.25, 0.3) is 0 Å². The van der Waals surface area contributed by atoms with Gasteiger partial charge in [0.05, 0.1) is 10.6 Å². The Morgan fingerprint density at radius 1 is 1.05 bits per heavy atom. The highest BCUT2D eigenvalue weighted by Gasteiger charge is 2.22. The summed E-state index contributed by atoms with van der Waals surface area (Å²) in [6.45, 7) is 3.88. The SMILES string of the molecule is Cc1cc(C)cc(N(C)S(=O)(=O)c2ccc(Br)c(N)c2)c1. The molecule has 0 aliphatic carbocycles. The molecule has 2 aromatic carbocycles. The number of nitrogens with zero attached hydrogens (tertiary/aromatic N) is 1. The van der Waals surface area contributed by atoms with Crippen LogP contribution < -0.4 is 10.0 Å². The third-order valence-corrected chi connectivity index (χ3v) is 5.70. The lowest BCUT2D eigenvalue weighted by atomic mass is 10.1. The average molecular weight is 369 g/mol. The van der Waals surface area contributed by atoms with E-state index in [1.54, 1.807) is 13.1 Å². The lowest BCUT2D eigenvalue weighted by molar-refractivity contribution is 0.594. The van der Waals surface area contributed by atoms with Gasteiger partial charge in [-0.2, -0.15) is 0 Å². The van der Waals surface area contributed by atoms with E-state index in [-0.39, 0.29) is 4.90 Å². The van der Waals surface area contributed by atoms with Crippen LogP contribution in [0.15, 0.2) is 45.8 Å². The molecular formula is C15H17BrN2O2S. The number of nitrogen functional groups attached to an aromatic ring is 1. The number of sulfonamides is 1. The molecule has 2 aromatic rings. The van der Waals surface area contributed by atoms with Crippen molar-refractivity contribution in [1.29, 1.82) is 0 Å². The van der Waals surface area contributed by atoms with E-state index in [9.17, 15) is 8.42 Å². The van der Waals surface area contributed by atoms with Crippen molar-refractivity contribution in [2.45, 2.75) is 18.7 Å². The topological polar surface area (TPSA) is 63.4 Å². The van der Waals surface area contributed by atoms with Crippen LogP contribution in [0.2, 0.25) is 0 Å². The third-order valence-electron chi connectivity index (χ3n) is 3.20. The largest absolute Gasteiger partial charge is 0.398 e. The standard InChI is InChI=1S/C15H17BrN2O2S/c1-10-6-11(2)8-12(7-10)18(3)21(19,20)13-4-5-14(16)15(17)9-13/h4-9H,17H2,1-3H3. The zero-order valence-corrected chi connectivity index (χ0v) is 14.5. The predicted molar refractivity (Wildman–Crippen MR) is 90.1 cm³/mol. The zero-order chi connectivity index (χ0) is 15.8. The van der Waals surface area contributed by atoms with Crippen molar-refractivity contribution in [3.8, 4) is 0 Å². The molecule has 0 bridgehead atoms. The Balaban J connectivity index is 2.49. The highest BCUT2D eigenvalue weighted by Crippen LogP contribution is 2.27.